The van der Waals surface area contributed by atoms with Gasteiger partial charge in [0.1, 0.15) is 0 Å². The maximum absolute atomic E-state index is 12.4. The lowest BCUT2D eigenvalue weighted by atomic mass is 10.2. The number of pyridine rings is 1. The normalized spacial score (nSPS) is 10.7. The van der Waals surface area contributed by atoms with E-state index in [0.717, 1.165) is 6.20 Å². The van der Waals surface area contributed by atoms with Gasteiger partial charge in [-0.15, -0.1) is 0 Å². The summed E-state index contributed by atoms with van der Waals surface area (Å²) < 4.78 is 25.5. The summed E-state index contributed by atoms with van der Waals surface area (Å²) in [4.78, 5) is 14.1. The molecule has 82 valence electrons. The number of hydrogen-bond donors (Lipinski definition) is 1. The van der Waals surface area contributed by atoms with E-state index in [1.54, 1.807) is 22.6 Å². The third-order valence-electron chi connectivity index (χ3n) is 1.61. The zero-order valence-electron chi connectivity index (χ0n) is 7.18. The highest BCUT2D eigenvalue weighted by Crippen LogP contribution is 2.31. The Hall–Kier alpha value is -0.310. The molecule has 0 aliphatic rings. The van der Waals surface area contributed by atoms with Crippen molar-refractivity contribution in [3.63, 3.8) is 0 Å². The first-order valence-electron chi connectivity index (χ1n) is 3.76. The second-order valence-electron chi connectivity index (χ2n) is 2.66. The van der Waals surface area contributed by atoms with E-state index in [0.29, 0.717) is 8.04 Å². The van der Waals surface area contributed by atoms with Crippen molar-refractivity contribution in [2.45, 2.75) is 12.8 Å². The second-order valence-corrected chi connectivity index (χ2v) is 4.53. The molecule has 0 saturated heterocycles. The largest absolute Gasteiger partial charge is 0.481 e. The molecular weight excluding hydrogens is 387 g/mol. The van der Waals surface area contributed by atoms with Crippen molar-refractivity contribution in [2.24, 2.45) is 0 Å². The molecule has 0 spiro atoms. The average Bonchev–Trinajstić information content (AvgIpc) is 2.12. The molecule has 15 heavy (non-hydrogen) atoms. The fraction of sp³-hybridized carbons (Fsp3) is 0.250. The number of carboxylic acid groups (broad SMARTS) is 1. The van der Waals surface area contributed by atoms with Crippen LogP contribution >= 0.6 is 38.5 Å². The van der Waals surface area contributed by atoms with Crippen molar-refractivity contribution >= 4 is 44.5 Å². The maximum atomic E-state index is 12.4. The number of rotatable bonds is 3. The molecule has 0 atom stereocenters. The molecule has 0 aliphatic heterocycles. The summed E-state index contributed by atoms with van der Waals surface area (Å²) in [7, 11) is 0. The van der Waals surface area contributed by atoms with Crippen molar-refractivity contribution in [1.29, 1.82) is 0 Å². The van der Waals surface area contributed by atoms with Crippen molar-refractivity contribution in [1.82, 2.24) is 4.98 Å². The number of carboxylic acids is 1. The molecule has 0 fully saturated rings. The van der Waals surface area contributed by atoms with Crippen LogP contribution in [-0.4, -0.2) is 16.1 Å². The molecule has 0 saturated carbocycles. The van der Waals surface area contributed by atoms with Gasteiger partial charge in [0.25, 0.3) is 6.43 Å². The van der Waals surface area contributed by atoms with E-state index >= 15 is 0 Å². The van der Waals surface area contributed by atoms with Gasteiger partial charge in [-0.2, -0.15) is 0 Å². The fourth-order valence-corrected chi connectivity index (χ4v) is 2.09. The van der Waals surface area contributed by atoms with E-state index in [1.807, 2.05) is 0 Å². The van der Waals surface area contributed by atoms with E-state index in [1.165, 1.54) is 0 Å². The predicted molar refractivity (Wildman–Crippen MR) is 61.0 cm³/mol. The van der Waals surface area contributed by atoms with Crippen LogP contribution in [0.25, 0.3) is 0 Å². The number of aliphatic carboxylic acids is 1. The lowest BCUT2D eigenvalue weighted by Gasteiger charge is -2.07. The highest BCUT2D eigenvalue weighted by Gasteiger charge is 2.18. The monoisotopic (exact) mass is 391 g/mol. The van der Waals surface area contributed by atoms with Crippen LogP contribution in [0, 0.1) is 3.57 Å². The third kappa shape index (κ3) is 3.07. The summed E-state index contributed by atoms with van der Waals surface area (Å²) >= 11 is 4.79. The van der Waals surface area contributed by atoms with Crippen molar-refractivity contribution in [2.75, 3.05) is 0 Å². The molecule has 1 rings (SSSR count). The number of aromatic nitrogens is 1. The third-order valence-corrected chi connectivity index (χ3v) is 4.37. The number of carbonyl (C=O) groups is 1. The number of alkyl halides is 2. The highest BCUT2D eigenvalue weighted by atomic mass is 127. The van der Waals surface area contributed by atoms with Crippen LogP contribution in [0.3, 0.4) is 0 Å². The summed E-state index contributed by atoms with van der Waals surface area (Å²) in [5.41, 5.74) is 0.0490. The first-order chi connectivity index (χ1) is 6.93. The van der Waals surface area contributed by atoms with Crippen LogP contribution in [0.15, 0.2) is 10.7 Å². The summed E-state index contributed by atoms with van der Waals surface area (Å²) in [5, 5.41) is 8.55. The Morgan fingerprint density at radius 3 is 2.73 bits per heavy atom. The average molecular weight is 392 g/mol. The molecule has 0 aliphatic carbocycles. The quantitative estimate of drug-likeness (QED) is 0.806. The SMILES string of the molecule is O=C(O)Cc1ncc(C(F)F)c(I)c1Br. The van der Waals surface area contributed by atoms with Gasteiger partial charge in [0.05, 0.1) is 22.2 Å². The first kappa shape index (κ1) is 12.8. The number of hydrogen-bond acceptors (Lipinski definition) is 2. The second kappa shape index (κ2) is 5.15. The van der Waals surface area contributed by atoms with Crippen LogP contribution in [0.2, 0.25) is 0 Å². The summed E-state index contributed by atoms with van der Waals surface area (Å²) in [6.45, 7) is 0. The summed E-state index contributed by atoms with van der Waals surface area (Å²) in [6.07, 6.45) is -1.89. The molecule has 3 nitrogen and oxygen atoms in total. The number of nitrogens with zero attached hydrogens (tertiary/aromatic N) is 1. The predicted octanol–water partition coefficient (Wildman–Crippen LogP) is 3.01. The lowest BCUT2D eigenvalue weighted by molar-refractivity contribution is -0.136. The van der Waals surface area contributed by atoms with E-state index in [2.05, 4.69) is 20.9 Å². The van der Waals surface area contributed by atoms with Gasteiger partial charge in [-0.1, -0.05) is 0 Å². The lowest BCUT2D eigenvalue weighted by Crippen LogP contribution is -2.05. The standard InChI is InChI=1S/C8H5BrF2INO2/c9-6-4(1-5(14)15)13-2-3(7(6)12)8(10)11/h2,8H,1H2,(H,14,15). The minimum Gasteiger partial charge on any atom is -0.481 e. The Bertz CT molecular complexity index is 400. The summed E-state index contributed by atoms with van der Waals surface area (Å²) in [6, 6.07) is 0. The molecule has 1 heterocycles. The zero-order chi connectivity index (χ0) is 11.6. The van der Waals surface area contributed by atoms with Gasteiger partial charge in [-0.3, -0.25) is 9.78 Å². The Morgan fingerprint density at radius 2 is 2.27 bits per heavy atom. The highest BCUT2D eigenvalue weighted by molar-refractivity contribution is 14.1. The Labute approximate surface area is 106 Å². The molecule has 0 unspecified atom stereocenters. The molecule has 0 aromatic carbocycles. The van der Waals surface area contributed by atoms with Crippen LogP contribution < -0.4 is 0 Å². The fourth-order valence-electron chi connectivity index (χ4n) is 0.933. The first-order valence-corrected chi connectivity index (χ1v) is 5.63. The minimum absolute atomic E-state index is 0.198. The maximum Gasteiger partial charge on any atom is 0.309 e. The van der Waals surface area contributed by atoms with Crippen molar-refractivity contribution in [3.05, 3.63) is 25.5 Å². The zero-order valence-corrected chi connectivity index (χ0v) is 10.9. The summed E-state index contributed by atoms with van der Waals surface area (Å²) in [5.74, 6) is -1.05. The van der Waals surface area contributed by atoms with Gasteiger partial charge >= 0.3 is 5.97 Å². The van der Waals surface area contributed by atoms with Gasteiger partial charge < -0.3 is 5.11 Å². The molecule has 0 amide bonds. The molecule has 1 N–H and O–H groups in total. The Balaban J connectivity index is 3.15. The Morgan fingerprint density at radius 1 is 1.67 bits per heavy atom. The molecule has 7 heteroatoms. The topological polar surface area (TPSA) is 50.2 Å². The minimum atomic E-state index is -2.61. The van der Waals surface area contributed by atoms with Crippen LogP contribution in [0.1, 0.15) is 17.7 Å². The molecule has 0 radical (unpaired) electrons. The molecule has 1 aromatic heterocycles. The van der Waals surface area contributed by atoms with E-state index in [-0.39, 0.29) is 17.7 Å². The van der Waals surface area contributed by atoms with Crippen LogP contribution in [-0.2, 0) is 11.2 Å². The van der Waals surface area contributed by atoms with E-state index in [9.17, 15) is 13.6 Å². The van der Waals surface area contributed by atoms with Crippen molar-refractivity contribution < 1.29 is 18.7 Å². The Kier molecular flexibility index (Phi) is 4.38. The van der Waals surface area contributed by atoms with E-state index in [4.69, 9.17) is 5.11 Å². The van der Waals surface area contributed by atoms with Gasteiger partial charge in [0.2, 0.25) is 0 Å². The number of halogens is 4. The smallest absolute Gasteiger partial charge is 0.309 e. The molecule has 1 aromatic rings. The molecule has 0 bridgehead atoms. The van der Waals surface area contributed by atoms with Gasteiger partial charge in [-0.25, -0.2) is 8.78 Å². The van der Waals surface area contributed by atoms with E-state index < -0.39 is 12.4 Å². The van der Waals surface area contributed by atoms with Crippen LogP contribution in [0.5, 0.6) is 0 Å². The van der Waals surface area contributed by atoms with Gasteiger partial charge in [-0.05, 0) is 38.5 Å². The van der Waals surface area contributed by atoms with Crippen molar-refractivity contribution in [3.8, 4) is 0 Å². The van der Waals surface area contributed by atoms with Crippen LogP contribution in [0.4, 0.5) is 8.78 Å². The molecular formula is C8H5BrF2INO2. The van der Waals surface area contributed by atoms with Gasteiger partial charge in [0, 0.05) is 9.77 Å². The van der Waals surface area contributed by atoms with Gasteiger partial charge in [0.15, 0.2) is 0 Å².